The maximum absolute atomic E-state index is 5.55. The normalized spacial score (nSPS) is 12.0. The lowest BCUT2D eigenvalue weighted by atomic mass is 10.4. The van der Waals surface area contributed by atoms with Crippen LogP contribution in [-0.4, -0.2) is 14.0 Å². The highest BCUT2D eigenvalue weighted by Gasteiger charge is 2.10. The molecule has 0 unspecified atom stereocenters. The highest BCUT2D eigenvalue weighted by molar-refractivity contribution is 6.76. The van der Waals surface area contributed by atoms with Gasteiger partial charge in [0.2, 0.25) is 0 Å². The molecule has 0 aliphatic heterocycles. The molecule has 2 heteroatoms. The van der Waals surface area contributed by atoms with Crippen LogP contribution < -0.4 is 0 Å². The van der Waals surface area contributed by atoms with E-state index in [2.05, 4.69) is 19.6 Å². The highest BCUT2D eigenvalue weighted by Crippen LogP contribution is 2.12. The summed E-state index contributed by atoms with van der Waals surface area (Å²) in [7, 11) is -0.753. The minimum atomic E-state index is -0.753. The van der Waals surface area contributed by atoms with Crippen molar-refractivity contribution < 1.29 is 0 Å². The quantitative estimate of drug-likeness (QED) is 0.340. The second-order valence-electron chi connectivity index (χ2n) is 3.71. The van der Waals surface area contributed by atoms with Crippen molar-refractivity contribution in [2.75, 3.05) is 5.88 Å². The van der Waals surface area contributed by atoms with Crippen molar-refractivity contribution >= 4 is 19.7 Å². The molecule has 0 aliphatic rings. The Kier molecular flexibility index (Phi) is 4.59. The van der Waals surface area contributed by atoms with Gasteiger partial charge in [0.15, 0.2) is 0 Å². The summed E-state index contributed by atoms with van der Waals surface area (Å²) in [5.74, 6) is 0.838. The Morgan fingerprint density at radius 3 is 2.00 bits per heavy atom. The van der Waals surface area contributed by atoms with Crippen LogP contribution in [0.15, 0.2) is 0 Å². The summed E-state index contributed by atoms with van der Waals surface area (Å²) in [5, 5.41) is 0. The van der Waals surface area contributed by atoms with Gasteiger partial charge < -0.3 is 0 Å². The van der Waals surface area contributed by atoms with Crippen molar-refractivity contribution in [1.29, 1.82) is 0 Å². The summed E-state index contributed by atoms with van der Waals surface area (Å²) in [4.78, 5) is 0. The Labute approximate surface area is 64.6 Å². The van der Waals surface area contributed by atoms with Crippen molar-refractivity contribution in [2.45, 2.75) is 38.5 Å². The second-order valence-corrected chi connectivity index (χ2v) is 9.71. The molecule has 0 aromatic heterocycles. The molecule has 0 radical (unpaired) electrons. The summed E-state index contributed by atoms with van der Waals surface area (Å²) in [6.07, 6.45) is 2.53. The average molecular weight is 165 g/mol. The molecule has 0 atom stereocenters. The number of hydrogen-bond donors (Lipinski definition) is 0. The number of rotatable bonds is 4. The lowest BCUT2D eigenvalue weighted by Gasteiger charge is -2.14. The fourth-order valence-electron chi connectivity index (χ4n) is 0.750. The monoisotopic (exact) mass is 164 g/mol. The van der Waals surface area contributed by atoms with Gasteiger partial charge in [-0.2, -0.15) is 0 Å². The molecule has 0 aliphatic carbocycles. The molecule has 56 valence electrons. The van der Waals surface area contributed by atoms with Crippen LogP contribution in [-0.2, 0) is 0 Å². The van der Waals surface area contributed by atoms with Gasteiger partial charge in [0.05, 0.1) is 0 Å². The molecule has 9 heavy (non-hydrogen) atoms. The molecule has 0 N–H and O–H groups in total. The van der Waals surface area contributed by atoms with Gasteiger partial charge in [-0.05, 0) is 6.42 Å². The first-order chi connectivity index (χ1) is 4.06. The van der Waals surface area contributed by atoms with Crippen LogP contribution in [0.2, 0.25) is 25.7 Å². The van der Waals surface area contributed by atoms with E-state index in [1.165, 1.54) is 18.9 Å². The van der Waals surface area contributed by atoms with Crippen LogP contribution in [0.3, 0.4) is 0 Å². The van der Waals surface area contributed by atoms with Crippen LogP contribution in [0, 0.1) is 0 Å². The Morgan fingerprint density at radius 2 is 1.67 bits per heavy atom. The fraction of sp³-hybridized carbons (Fsp3) is 1.00. The van der Waals surface area contributed by atoms with E-state index in [1.807, 2.05) is 0 Å². The van der Waals surface area contributed by atoms with Gasteiger partial charge in [0, 0.05) is 14.0 Å². The minimum Gasteiger partial charge on any atom is -0.127 e. The van der Waals surface area contributed by atoms with E-state index in [0.717, 1.165) is 5.88 Å². The molecular weight excluding hydrogens is 148 g/mol. The Balaban J connectivity index is 3.07. The van der Waals surface area contributed by atoms with Crippen molar-refractivity contribution in [3.05, 3.63) is 0 Å². The Hall–Kier alpha value is 0.507. The van der Waals surface area contributed by atoms with E-state index in [1.54, 1.807) is 0 Å². The van der Waals surface area contributed by atoms with Gasteiger partial charge in [0.1, 0.15) is 0 Å². The predicted octanol–water partition coefficient (Wildman–Crippen LogP) is 3.34. The summed E-state index contributed by atoms with van der Waals surface area (Å²) in [6.45, 7) is 7.21. The molecule has 0 aromatic carbocycles. The molecule has 0 bridgehead atoms. The van der Waals surface area contributed by atoms with Gasteiger partial charge in [-0.25, -0.2) is 0 Å². The lowest BCUT2D eigenvalue weighted by Crippen LogP contribution is -2.18. The van der Waals surface area contributed by atoms with E-state index in [0.29, 0.717) is 0 Å². The first-order valence-corrected chi connectivity index (χ1v) is 7.86. The SMILES string of the molecule is C[Si](C)(C)CCCCCl. The van der Waals surface area contributed by atoms with E-state index >= 15 is 0 Å². The summed E-state index contributed by atoms with van der Waals surface area (Å²) in [5.41, 5.74) is 0. The summed E-state index contributed by atoms with van der Waals surface area (Å²) < 4.78 is 0. The van der Waals surface area contributed by atoms with Crippen LogP contribution in [0.4, 0.5) is 0 Å². The molecule has 0 aromatic rings. The average Bonchev–Trinajstić information content (AvgIpc) is 1.63. The van der Waals surface area contributed by atoms with E-state index in [4.69, 9.17) is 11.6 Å². The third kappa shape index (κ3) is 8.51. The first kappa shape index (κ1) is 9.51. The van der Waals surface area contributed by atoms with Crippen LogP contribution in [0.25, 0.3) is 0 Å². The molecule has 0 saturated carbocycles. The largest absolute Gasteiger partial charge is 0.127 e. The van der Waals surface area contributed by atoms with E-state index < -0.39 is 8.07 Å². The zero-order valence-corrected chi connectivity index (χ0v) is 8.46. The number of halogens is 1. The minimum absolute atomic E-state index is 0.753. The molecular formula is C7H17ClSi. The van der Waals surface area contributed by atoms with Gasteiger partial charge in [-0.3, -0.25) is 0 Å². The fourth-order valence-corrected chi connectivity index (χ4v) is 2.25. The zero-order valence-electron chi connectivity index (χ0n) is 6.71. The van der Waals surface area contributed by atoms with Gasteiger partial charge >= 0.3 is 0 Å². The Bertz CT molecular complexity index is 65.8. The van der Waals surface area contributed by atoms with Gasteiger partial charge in [-0.1, -0.05) is 32.1 Å². The molecule has 0 fully saturated rings. The second kappa shape index (κ2) is 4.34. The molecule has 0 spiro atoms. The first-order valence-electron chi connectivity index (χ1n) is 3.62. The standard InChI is InChI=1S/C7H17ClSi/c1-9(2,3)7-5-4-6-8/h4-7H2,1-3H3. The van der Waals surface area contributed by atoms with Crippen LogP contribution in [0.1, 0.15) is 12.8 Å². The third-order valence-corrected chi connectivity index (χ3v) is 3.43. The molecule has 0 saturated heterocycles. The van der Waals surface area contributed by atoms with Crippen molar-refractivity contribution in [1.82, 2.24) is 0 Å². The zero-order chi connectivity index (χ0) is 7.33. The van der Waals surface area contributed by atoms with Crippen molar-refractivity contribution in [3.63, 3.8) is 0 Å². The maximum Gasteiger partial charge on any atom is 0.0442 e. The summed E-state index contributed by atoms with van der Waals surface area (Å²) in [6, 6.07) is 1.43. The van der Waals surface area contributed by atoms with Crippen molar-refractivity contribution in [2.24, 2.45) is 0 Å². The summed E-state index contributed by atoms with van der Waals surface area (Å²) >= 11 is 5.55. The van der Waals surface area contributed by atoms with E-state index in [9.17, 15) is 0 Å². The van der Waals surface area contributed by atoms with Gasteiger partial charge in [-0.15, -0.1) is 11.6 Å². The number of hydrogen-bond acceptors (Lipinski definition) is 0. The molecule has 0 nitrogen and oxygen atoms in total. The number of alkyl halides is 1. The van der Waals surface area contributed by atoms with E-state index in [-0.39, 0.29) is 0 Å². The predicted molar refractivity (Wildman–Crippen MR) is 48.1 cm³/mol. The topological polar surface area (TPSA) is 0 Å². The van der Waals surface area contributed by atoms with Gasteiger partial charge in [0.25, 0.3) is 0 Å². The van der Waals surface area contributed by atoms with Crippen LogP contribution >= 0.6 is 11.6 Å². The third-order valence-electron chi connectivity index (χ3n) is 1.31. The molecule has 0 amide bonds. The highest BCUT2D eigenvalue weighted by atomic mass is 35.5. The smallest absolute Gasteiger partial charge is 0.0442 e. The van der Waals surface area contributed by atoms with Crippen LogP contribution in [0.5, 0.6) is 0 Å². The number of unbranched alkanes of at least 4 members (excludes halogenated alkanes) is 1. The molecule has 0 heterocycles. The lowest BCUT2D eigenvalue weighted by molar-refractivity contribution is 0.874. The molecule has 0 rings (SSSR count). The van der Waals surface area contributed by atoms with Crippen molar-refractivity contribution in [3.8, 4) is 0 Å². The maximum atomic E-state index is 5.55. The Morgan fingerprint density at radius 1 is 1.11 bits per heavy atom.